The number of benzene rings is 2. The van der Waals surface area contributed by atoms with Crippen molar-refractivity contribution in [3.05, 3.63) is 69.3 Å². The van der Waals surface area contributed by atoms with Crippen molar-refractivity contribution >= 4 is 11.6 Å². The molecule has 1 amide bonds. The van der Waals surface area contributed by atoms with Crippen molar-refractivity contribution in [2.24, 2.45) is 0 Å². The van der Waals surface area contributed by atoms with E-state index in [4.69, 9.17) is 4.74 Å². The highest BCUT2D eigenvalue weighted by molar-refractivity contribution is 5.96. The van der Waals surface area contributed by atoms with E-state index in [1.165, 1.54) is 17.7 Å². The molecular formula is C21H26N2O4. The second-order valence-corrected chi connectivity index (χ2v) is 6.93. The molecular weight excluding hydrogens is 344 g/mol. The van der Waals surface area contributed by atoms with Crippen LogP contribution in [0, 0.1) is 17.0 Å². The third kappa shape index (κ3) is 5.81. The van der Waals surface area contributed by atoms with Crippen molar-refractivity contribution in [1.29, 1.82) is 0 Å². The number of carbonyl (C=O) groups is 1. The minimum Gasteiger partial charge on any atom is -0.491 e. The number of aryl methyl sites for hydroxylation is 1. The van der Waals surface area contributed by atoms with Crippen molar-refractivity contribution < 1.29 is 14.5 Å². The molecule has 0 heterocycles. The first-order chi connectivity index (χ1) is 12.8. The van der Waals surface area contributed by atoms with Crippen LogP contribution in [-0.2, 0) is 6.42 Å². The summed E-state index contributed by atoms with van der Waals surface area (Å²) in [6.45, 7) is 7.50. The molecule has 2 aromatic rings. The summed E-state index contributed by atoms with van der Waals surface area (Å²) >= 11 is 0. The Bertz CT molecular complexity index is 800. The van der Waals surface area contributed by atoms with Gasteiger partial charge in [-0.25, -0.2) is 0 Å². The zero-order valence-corrected chi connectivity index (χ0v) is 16.2. The molecule has 6 nitrogen and oxygen atoms in total. The molecule has 0 saturated carbocycles. The van der Waals surface area contributed by atoms with Crippen molar-refractivity contribution in [3.8, 4) is 5.75 Å². The Morgan fingerprint density at radius 1 is 1.15 bits per heavy atom. The van der Waals surface area contributed by atoms with Gasteiger partial charge in [0.25, 0.3) is 11.6 Å². The Balaban J connectivity index is 1.92. The standard InChI is InChI=1S/C21H26N2O4/c1-14(2)27-18-12-10-17(11-13-18)9-8-15(3)22-21(24)19-6-5-7-20(16(19)4)23(25)26/h5-7,10-15H,8-9H2,1-4H3,(H,22,24). The molecule has 2 rings (SSSR count). The molecule has 144 valence electrons. The summed E-state index contributed by atoms with van der Waals surface area (Å²) in [5, 5.41) is 14.0. The summed E-state index contributed by atoms with van der Waals surface area (Å²) in [6, 6.07) is 12.4. The molecule has 0 saturated heterocycles. The fraction of sp³-hybridized carbons (Fsp3) is 0.381. The average molecular weight is 370 g/mol. The number of nitrogens with one attached hydrogen (secondary N) is 1. The first kappa shape index (κ1) is 20.4. The third-order valence-corrected chi connectivity index (χ3v) is 4.29. The van der Waals surface area contributed by atoms with Gasteiger partial charge in [0.2, 0.25) is 0 Å². The van der Waals surface area contributed by atoms with Gasteiger partial charge in [0.15, 0.2) is 0 Å². The SMILES string of the molecule is Cc1c(C(=O)NC(C)CCc2ccc(OC(C)C)cc2)cccc1[N+](=O)[O-]. The molecule has 0 fully saturated rings. The second-order valence-electron chi connectivity index (χ2n) is 6.93. The fourth-order valence-electron chi connectivity index (χ4n) is 2.83. The molecule has 1 unspecified atom stereocenters. The lowest BCUT2D eigenvalue weighted by atomic mass is 10.0. The Hall–Kier alpha value is -2.89. The van der Waals surface area contributed by atoms with E-state index >= 15 is 0 Å². The number of hydrogen-bond acceptors (Lipinski definition) is 4. The highest BCUT2D eigenvalue weighted by Gasteiger charge is 2.19. The van der Waals surface area contributed by atoms with Gasteiger partial charge in [-0.3, -0.25) is 14.9 Å². The summed E-state index contributed by atoms with van der Waals surface area (Å²) < 4.78 is 5.63. The molecule has 0 aliphatic heterocycles. The molecule has 27 heavy (non-hydrogen) atoms. The van der Waals surface area contributed by atoms with Crippen LogP contribution in [0.15, 0.2) is 42.5 Å². The van der Waals surface area contributed by atoms with Crippen molar-refractivity contribution in [2.45, 2.75) is 52.7 Å². The van der Waals surface area contributed by atoms with Crippen LogP contribution in [0.3, 0.4) is 0 Å². The number of nitro groups is 1. The van der Waals surface area contributed by atoms with Gasteiger partial charge >= 0.3 is 0 Å². The van der Waals surface area contributed by atoms with Crippen LogP contribution >= 0.6 is 0 Å². The Labute approximate surface area is 159 Å². The van der Waals surface area contributed by atoms with Gasteiger partial charge in [0.1, 0.15) is 5.75 Å². The highest BCUT2D eigenvalue weighted by Crippen LogP contribution is 2.21. The summed E-state index contributed by atoms with van der Waals surface area (Å²) in [4.78, 5) is 23.0. The van der Waals surface area contributed by atoms with E-state index in [0.717, 1.165) is 18.6 Å². The second kappa shape index (κ2) is 9.16. The largest absolute Gasteiger partial charge is 0.491 e. The summed E-state index contributed by atoms with van der Waals surface area (Å²) in [5.41, 5.74) is 1.84. The van der Waals surface area contributed by atoms with Crippen LogP contribution in [0.25, 0.3) is 0 Å². The topological polar surface area (TPSA) is 81.5 Å². The van der Waals surface area contributed by atoms with E-state index in [-0.39, 0.29) is 23.7 Å². The van der Waals surface area contributed by atoms with Gasteiger partial charge < -0.3 is 10.1 Å². The van der Waals surface area contributed by atoms with Crippen molar-refractivity contribution in [2.75, 3.05) is 0 Å². The normalized spacial score (nSPS) is 11.9. The quantitative estimate of drug-likeness (QED) is 0.550. The van der Waals surface area contributed by atoms with Gasteiger partial charge in [-0.15, -0.1) is 0 Å². The van der Waals surface area contributed by atoms with Crippen LogP contribution < -0.4 is 10.1 Å². The number of rotatable bonds is 8. The lowest BCUT2D eigenvalue weighted by Crippen LogP contribution is -2.33. The lowest BCUT2D eigenvalue weighted by molar-refractivity contribution is -0.385. The van der Waals surface area contributed by atoms with Crippen LogP contribution in [0.2, 0.25) is 0 Å². The van der Waals surface area contributed by atoms with Crippen LogP contribution in [0.4, 0.5) is 5.69 Å². The predicted octanol–water partition coefficient (Wildman–Crippen LogP) is 4.44. The van der Waals surface area contributed by atoms with E-state index in [1.807, 2.05) is 45.0 Å². The summed E-state index contributed by atoms with van der Waals surface area (Å²) in [5.74, 6) is 0.556. The lowest BCUT2D eigenvalue weighted by Gasteiger charge is -2.15. The molecule has 0 radical (unpaired) electrons. The van der Waals surface area contributed by atoms with Gasteiger partial charge in [0.05, 0.1) is 11.0 Å². The van der Waals surface area contributed by atoms with Gasteiger partial charge in [-0.2, -0.15) is 0 Å². The zero-order valence-electron chi connectivity index (χ0n) is 16.2. The summed E-state index contributed by atoms with van der Waals surface area (Å²) in [7, 11) is 0. The highest BCUT2D eigenvalue weighted by atomic mass is 16.6. The maximum absolute atomic E-state index is 12.5. The molecule has 0 aliphatic rings. The molecule has 6 heteroatoms. The van der Waals surface area contributed by atoms with Crippen molar-refractivity contribution in [3.63, 3.8) is 0 Å². The number of hydrogen-bond donors (Lipinski definition) is 1. The smallest absolute Gasteiger partial charge is 0.273 e. The molecule has 2 aromatic carbocycles. The monoisotopic (exact) mass is 370 g/mol. The third-order valence-electron chi connectivity index (χ3n) is 4.29. The Morgan fingerprint density at radius 2 is 1.81 bits per heavy atom. The Kier molecular flexibility index (Phi) is 6.93. The zero-order chi connectivity index (χ0) is 20.0. The maximum atomic E-state index is 12.5. The molecule has 1 N–H and O–H groups in total. The van der Waals surface area contributed by atoms with Gasteiger partial charge in [-0.1, -0.05) is 18.2 Å². The first-order valence-electron chi connectivity index (χ1n) is 9.08. The van der Waals surface area contributed by atoms with E-state index in [1.54, 1.807) is 13.0 Å². The minimum absolute atomic E-state index is 0.0426. The molecule has 0 bridgehead atoms. The first-order valence-corrected chi connectivity index (χ1v) is 9.08. The molecule has 0 aromatic heterocycles. The maximum Gasteiger partial charge on any atom is 0.273 e. The van der Waals surface area contributed by atoms with Gasteiger partial charge in [-0.05, 0) is 64.3 Å². The van der Waals surface area contributed by atoms with Crippen molar-refractivity contribution in [1.82, 2.24) is 5.32 Å². The molecule has 1 atom stereocenters. The predicted molar refractivity (Wildman–Crippen MR) is 105 cm³/mol. The minimum atomic E-state index is -0.470. The molecule has 0 aliphatic carbocycles. The van der Waals surface area contributed by atoms with Crippen LogP contribution in [0.5, 0.6) is 5.75 Å². The number of carbonyl (C=O) groups excluding carboxylic acids is 1. The van der Waals surface area contributed by atoms with Gasteiger partial charge in [0, 0.05) is 23.2 Å². The molecule has 0 spiro atoms. The summed E-state index contributed by atoms with van der Waals surface area (Å²) in [6.07, 6.45) is 1.73. The van der Waals surface area contributed by atoms with E-state index in [9.17, 15) is 14.9 Å². The fourth-order valence-corrected chi connectivity index (χ4v) is 2.83. The van der Waals surface area contributed by atoms with Crippen LogP contribution in [-0.4, -0.2) is 23.0 Å². The van der Waals surface area contributed by atoms with Crippen LogP contribution in [0.1, 0.15) is 48.7 Å². The number of nitro benzene ring substituents is 1. The Morgan fingerprint density at radius 3 is 2.41 bits per heavy atom. The number of amides is 1. The number of nitrogens with zero attached hydrogens (tertiary/aromatic N) is 1. The average Bonchev–Trinajstić information content (AvgIpc) is 2.60. The van der Waals surface area contributed by atoms with E-state index < -0.39 is 4.92 Å². The van der Waals surface area contributed by atoms with E-state index in [0.29, 0.717) is 11.1 Å². The number of ether oxygens (including phenoxy) is 1. The van der Waals surface area contributed by atoms with E-state index in [2.05, 4.69) is 5.32 Å².